The predicted octanol–water partition coefficient (Wildman–Crippen LogP) is 1.56. The zero-order valence-electron chi connectivity index (χ0n) is 12.7. The number of carboxylic acid groups (broad SMARTS) is 1. The van der Waals surface area contributed by atoms with Crippen molar-refractivity contribution in [2.24, 2.45) is 5.41 Å². The van der Waals surface area contributed by atoms with Crippen LogP contribution in [0.1, 0.15) is 42.3 Å². The molecule has 114 valence electrons. The van der Waals surface area contributed by atoms with Crippen LogP contribution in [-0.4, -0.2) is 29.6 Å². The van der Waals surface area contributed by atoms with Gasteiger partial charge in [0.05, 0.1) is 0 Å². The smallest absolute Gasteiger partial charge is 0.326 e. The molecule has 1 atom stereocenters. The molecule has 1 unspecified atom stereocenters. The highest BCUT2D eigenvalue weighted by atomic mass is 16.4. The molecule has 0 bridgehead atoms. The molecule has 1 heterocycles. The van der Waals surface area contributed by atoms with Crippen molar-refractivity contribution in [1.82, 2.24) is 10.6 Å². The number of carbonyl (C=O) groups excluding carboxylic acids is 1. The third-order valence-corrected chi connectivity index (χ3v) is 3.74. The van der Waals surface area contributed by atoms with Crippen LogP contribution >= 0.6 is 0 Å². The molecule has 1 aromatic rings. The van der Waals surface area contributed by atoms with Crippen molar-refractivity contribution >= 4 is 11.9 Å². The summed E-state index contributed by atoms with van der Waals surface area (Å²) < 4.78 is 0. The molecule has 0 spiro atoms. The molecule has 0 aromatic heterocycles. The normalized spacial score (nSPS) is 16.0. The minimum absolute atomic E-state index is 0.342. The molecule has 1 amide bonds. The summed E-state index contributed by atoms with van der Waals surface area (Å²) in [4.78, 5) is 23.6. The van der Waals surface area contributed by atoms with Crippen LogP contribution in [0.15, 0.2) is 18.2 Å². The van der Waals surface area contributed by atoms with Gasteiger partial charge in [-0.2, -0.15) is 0 Å². The van der Waals surface area contributed by atoms with E-state index >= 15 is 0 Å². The van der Waals surface area contributed by atoms with Gasteiger partial charge in [-0.3, -0.25) is 4.79 Å². The molecular formula is C16H22N2O3. The minimum Gasteiger partial charge on any atom is -0.480 e. The van der Waals surface area contributed by atoms with E-state index in [1.165, 1.54) is 5.56 Å². The molecule has 0 radical (unpaired) electrons. The number of aliphatic carboxylic acids is 1. The Bertz CT molecular complexity index is 561. The topological polar surface area (TPSA) is 78.4 Å². The molecular weight excluding hydrogens is 268 g/mol. The Hall–Kier alpha value is -1.88. The molecule has 5 nitrogen and oxygen atoms in total. The number of nitrogens with one attached hydrogen (secondary N) is 2. The fourth-order valence-corrected chi connectivity index (χ4v) is 2.48. The van der Waals surface area contributed by atoms with Crippen LogP contribution < -0.4 is 10.6 Å². The number of rotatable bonds is 3. The van der Waals surface area contributed by atoms with Crippen LogP contribution in [-0.2, 0) is 17.8 Å². The minimum atomic E-state index is -1.02. The highest BCUT2D eigenvalue weighted by Gasteiger charge is 2.32. The van der Waals surface area contributed by atoms with E-state index in [9.17, 15) is 14.7 Å². The molecule has 0 fully saturated rings. The molecule has 1 aliphatic rings. The van der Waals surface area contributed by atoms with E-state index in [1.807, 2.05) is 12.1 Å². The van der Waals surface area contributed by atoms with E-state index in [0.717, 1.165) is 25.1 Å². The molecule has 21 heavy (non-hydrogen) atoms. The van der Waals surface area contributed by atoms with Gasteiger partial charge < -0.3 is 15.7 Å². The monoisotopic (exact) mass is 290 g/mol. The van der Waals surface area contributed by atoms with Gasteiger partial charge in [0.15, 0.2) is 0 Å². The van der Waals surface area contributed by atoms with Crippen molar-refractivity contribution in [1.29, 1.82) is 0 Å². The van der Waals surface area contributed by atoms with Gasteiger partial charge in [-0.15, -0.1) is 0 Å². The SMILES string of the molecule is CC(C)(C)C(NC(=O)c1ccc2c(c1)CNCC2)C(=O)O. The van der Waals surface area contributed by atoms with Crippen molar-refractivity contribution in [2.45, 2.75) is 39.8 Å². The summed E-state index contributed by atoms with van der Waals surface area (Å²) in [5.41, 5.74) is 2.32. The Morgan fingerprint density at radius 3 is 2.62 bits per heavy atom. The number of hydrogen-bond donors (Lipinski definition) is 3. The standard InChI is InChI=1S/C16H22N2O3/c1-16(2,3)13(15(20)21)18-14(19)11-5-4-10-6-7-17-9-12(10)8-11/h4-5,8,13,17H,6-7,9H2,1-3H3,(H,18,19)(H,20,21). The Morgan fingerprint density at radius 1 is 1.29 bits per heavy atom. The fourth-order valence-electron chi connectivity index (χ4n) is 2.48. The number of carbonyl (C=O) groups is 2. The summed E-state index contributed by atoms with van der Waals surface area (Å²) in [7, 11) is 0. The lowest BCUT2D eigenvalue weighted by Crippen LogP contribution is -2.49. The quantitative estimate of drug-likeness (QED) is 0.789. The molecule has 0 saturated heterocycles. The van der Waals surface area contributed by atoms with Crippen LogP contribution in [0.25, 0.3) is 0 Å². The van der Waals surface area contributed by atoms with Crippen LogP contribution in [0.3, 0.4) is 0 Å². The van der Waals surface area contributed by atoms with Gasteiger partial charge in [0.1, 0.15) is 6.04 Å². The lowest BCUT2D eigenvalue weighted by molar-refractivity contribution is -0.142. The Labute approximate surface area is 124 Å². The van der Waals surface area contributed by atoms with E-state index in [-0.39, 0.29) is 5.91 Å². The Morgan fingerprint density at radius 2 is 2.00 bits per heavy atom. The van der Waals surface area contributed by atoms with Gasteiger partial charge in [0.25, 0.3) is 5.91 Å². The van der Waals surface area contributed by atoms with Crippen molar-refractivity contribution in [2.75, 3.05) is 6.54 Å². The van der Waals surface area contributed by atoms with Crippen molar-refractivity contribution < 1.29 is 14.7 Å². The second-order valence-corrected chi connectivity index (χ2v) is 6.52. The Balaban J connectivity index is 2.18. The van der Waals surface area contributed by atoms with Crippen molar-refractivity contribution in [3.8, 4) is 0 Å². The lowest BCUT2D eigenvalue weighted by Gasteiger charge is -2.28. The van der Waals surface area contributed by atoms with E-state index in [0.29, 0.717) is 5.56 Å². The maximum absolute atomic E-state index is 12.3. The molecule has 5 heteroatoms. The number of fused-ring (bicyclic) bond motifs is 1. The third kappa shape index (κ3) is 3.61. The maximum atomic E-state index is 12.3. The zero-order valence-corrected chi connectivity index (χ0v) is 12.7. The molecule has 1 aromatic carbocycles. The Kier molecular flexibility index (Phi) is 4.32. The number of amides is 1. The summed E-state index contributed by atoms with van der Waals surface area (Å²) in [6.07, 6.45) is 0.955. The van der Waals surface area contributed by atoms with Gasteiger partial charge >= 0.3 is 5.97 Å². The first kappa shape index (κ1) is 15.5. The van der Waals surface area contributed by atoms with Gasteiger partial charge in [-0.1, -0.05) is 26.8 Å². The summed E-state index contributed by atoms with van der Waals surface area (Å²) in [5, 5.41) is 15.2. The number of benzene rings is 1. The first-order chi connectivity index (χ1) is 9.79. The predicted molar refractivity (Wildman–Crippen MR) is 80.2 cm³/mol. The third-order valence-electron chi connectivity index (χ3n) is 3.74. The lowest BCUT2D eigenvalue weighted by atomic mass is 9.86. The van der Waals surface area contributed by atoms with E-state index in [2.05, 4.69) is 10.6 Å². The average molecular weight is 290 g/mol. The second-order valence-electron chi connectivity index (χ2n) is 6.52. The summed E-state index contributed by atoms with van der Waals surface area (Å²) in [5.74, 6) is -1.36. The fraction of sp³-hybridized carbons (Fsp3) is 0.500. The van der Waals surface area contributed by atoms with Gasteiger partial charge in [0.2, 0.25) is 0 Å². The molecule has 1 aliphatic heterocycles. The van der Waals surface area contributed by atoms with E-state index in [4.69, 9.17) is 0 Å². The van der Waals surface area contributed by atoms with Crippen LogP contribution in [0.2, 0.25) is 0 Å². The molecule has 0 aliphatic carbocycles. The van der Waals surface area contributed by atoms with Gasteiger partial charge in [-0.25, -0.2) is 4.79 Å². The first-order valence-electron chi connectivity index (χ1n) is 7.15. The summed E-state index contributed by atoms with van der Waals surface area (Å²) >= 11 is 0. The first-order valence-corrected chi connectivity index (χ1v) is 7.15. The van der Waals surface area contributed by atoms with Gasteiger partial charge in [0, 0.05) is 12.1 Å². The summed E-state index contributed by atoms with van der Waals surface area (Å²) in [6.45, 7) is 7.08. The molecule has 3 N–H and O–H groups in total. The molecule has 2 rings (SSSR count). The van der Waals surface area contributed by atoms with Crippen LogP contribution in [0.5, 0.6) is 0 Å². The zero-order chi connectivity index (χ0) is 15.6. The largest absolute Gasteiger partial charge is 0.480 e. The number of carboxylic acids is 1. The van der Waals surface area contributed by atoms with Crippen molar-refractivity contribution in [3.63, 3.8) is 0 Å². The highest BCUT2D eigenvalue weighted by molar-refractivity contribution is 5.97. The van der Waals surface area contributed by atoms with E-state index < -0.39 is 17.4 Å². The maximum Gasteiger partial charge on any atom is 0.326 e. The van der Waals surface area contributed by atoms with E-state index in [1.54, 1.807) is 26.8 Å². The average Bonchev–Trinajstić information content (AvgIpc) is 2.42. The molecule has 0 saturated carbocycles. The summed E-state index contributed by atoms with van der Waals surface area (Å²) in [6, 6.07) is 4.65. The van der Waals surface area contributed by atoms with Crippen LogP contribution in [0, 0.1) is 5.41 Å². The second kappa shape index (κ2) is 5.85. The van der Waals surface area contributed by atoms with Crippen LogP contribution in [0.4, 0.5) is 0 Å². The van der Waals surface area contributed by atoms with Crippen molar-refractivity contribution in [3.05, 3.63) is 34.9 Å². The number of hydrogen-bond acceptors (Lipinski definition) is 3. The van der Waals surface area contributed by atoms with Gasteiger partial charge in [-0.05, 0) is 41.6 Å². The highest BCUT2D eigenvalue weighted by Crippen LogP contribution is 2.21.